The molecular formula is C13H25N3O. The highest BCUT2D eigenvalue weighted by Crippen LogP contribution is 2.32. The second-order valence-corrected chi connectivity index (χ2v) is 5.51. The Morgan fingerprint density at radius 1 is 1.29 bits per heavy atom. The summed E-state index contributed by atoms with van der Waals surface area (Å²) in [4.78, 5) is 17.1. The molecule has 0 aromatic carbocycles. The maximum atomic E-state index is 12.7. The molecule has 0 aliphatic carbocycles. The van der Waals surface area contributed by atoms with Crippen LogP contribution in [0.15, 0.2) is 0 Å². The van der Waals surface area contributed by atoms with Gasteiger partial charge in [0.05, 0.1) is 5.41 Å². The third kappa shape index (κ3) is 2.63. The lowest BCUT2D eigenvalue weighted by Crippen LogP contribution is -2.46. The molecule has 98 valence electrons. The molecule has 2 aliphatic rings. The average Bonchev–Trinajstić information content (AvgIpc) is 2.73. The smallest absolute Gasteiger partial charge is 0.230 e. The summed E-state index contributed by atoms with van der Waals surface area (Å²) in [5.74, 6) is 0.389. The molecule has 0 aromatic rings. The minimum Gasteiger partial charge on any atom is -0.341 e. The molecule has 2 heterocycles. The summed E-state index contributed by atoms with van der Waals surface area (Å²) in [7, 11) is 2.14. The van der Waals surface area contributed by atoms with E-state index in [-0.39, 0.29) is 5.41 Å². The monoisotopic (exact) mass is 239 g/mol. The molecule has 1 amide bonds. The molecule has 4 nitrogen and oxygen atoms in total. The third-order valence-electron chi connectivity index (χ3n) is 4.38. The SMILES string of the molecule is CCC1(C(=O)N2CCCN(C)CC2)CCNC1. The number of nitrogens with one attached hydrogen (secondary N) is 1. The second kappa shape index (κ2) is 5.36. The van der Waals surface area contributed by atoms with Gasteiger partial charge in [0.15, 0.2) is 0 Å². The fourth-order valence-corrected chi connectivity index (χ4v) is 2.96. The summed E-state index contributed by atoms with van der Waals surface area (Å²) < 4.78 is 0. The van der Waals surface area contributed by atoms with Gasteiger partial charge in [-0.05, 0) is 39.4 Å². The Kier molecular flexibility index (Phi) is 4.05. The van der Waals surface area contributed by atoms with Gasteiger partial charge >= 0.3 is 0 Å². The van der Waals surface area contributed by atoms with Gasteiger partial charge in [0.2, 0.25) is 5.91 Å². The molecular weight excluding hydrogens is 214 g/mol. The topological polar surface area (TPSA) is 35.6 Å². The van der Waals surface area contributed by atoms with Crippen molar-refractivity contribution in [2.75, 3.05) is 46.3 Å². The van der Waals surface area contributed by atoms with E-state index >= 15 is 0 Å². The summed E-state index contributed by atoms with van der Waals surface area (Å²) in [6.45, 7) is 7.97. The first-order chi connectivity index (χ1) is 8.18. The highest BCUT2D eigenvalue weighted by atomic mass is 16.2. The molecule has 4 heteroatoms. The van der Waals surface area contributed by atoms with Crippen LogP contribution in [0.2, 0.25) is 0 Å². The van der Waals surface area contributed by atoms with Crippen molar-refractivity contribution in [1.29, 1.82) is 0 Å². The lowest BCUT2D eigenvalue weighted by atomic mass is 9.82. The largest absolute Gasteiger partial charge is 0.341 e. The van der Waals surface area contributed by atoms with Crippen molar-refractivity contribution in [1.82, 2.24) is 15.1 Å². The molecule has 1 N–H and O–H groups in total. The van der Waals surface area contributed by atoms with E-state index in [2.05, 4.69) is 29.1 Å². The maximum absolute atomic E-state index is 12.7. The Bertz CT molecular complexity index is 274. The Morgan fingerprint density at radius 3 is 2.76 bits per heavy atom. The molecule has 0 bridgehead atoms. The van der Waals surface area contributed by atoms with E-state index in [4.69, 9.17) is 0 Å². The summed E-state index contributed by atoms with van der Waals surface area (Å²) in [6.07, 6.45) is 3.08. The van der Waals surface area contributed by atoms with Gasteiger partial charge in [-0.2, -0.15) is 0 Å². The molecule has 2 fully saturated rings. The van der Waals surface area contributed by atoms with Crippen molar-refractivity contribution in [2.45, 2.75) is 26.2 Å². The number of hydrogen-bond acceptors (Lipinski definition) is 3. The zero-order chi connectivity index (χ0) is 12.3. The van der Waals surface area contributed by atoms with Crippen molar-refractivity contribution in [2.24, 2.45) is 5.41 Å². The van der Waals surface area contributed by atoms with Crippen molar-refractivity contribution in [3.05, 3.63) is 0 Å². The van der Waals surface area contributed by atoms with Crippen LogP contribution in [-0.4, -0.2) is 62.0 Å². The molecule has 0 aromatic heterocycles. The zero-order valence-corrected chi connectivity index (χ0v) is 11.2. The first kappa shape index (κ1) is 12.8. The van der Waals surface area contributed by atoms with Gasteiger partial charge < -0.3 is 15.1 Å². The van der Waals surface area contributed by atoms with E-state index in [0.717, 1.165) is 58.5 Å². The fourth-order valence-electron chi connectivity index (χ4n) is 2.96. The predicted octanol–water partition coefficient (Wildman–Crippen LogP) is 0.540. The van der Waals surface area contributed by atoms with E-state index < -0.39 is 0 Å². The Hall–Kier alpha value is -0.610. The van der Waals surface area contributed by atoms with Crippen molar-refractivity contribution < 1.29 is 4.79 Å². The molecule has 1 atom stereocenters. The van der Waals surface area contributed by atoms with Crippen LogP contribution in [0.25, 0.3) is 0 Å². The zero-order valence-electron chi connectivity index (χ0n) is 11.2. The van der Waals surface area contributed by atoms with E-state index in [1.54, 1.807) is 0 Å². The van der Waals surface area contributed by atoms with Crippen molar-refractivity contribution in [3.63, 3.8) is 0 Å². The van der Waals surface area contributed by atoms with Gasteiger partial charge in [0.25, 0.3) is 0 Å². The lowest BCUT2D eigenvalue weighted by Gasteiger charge is -2.32. The average molecular weight is 239 g/mol. The Balaban J connectivity index is 2.02. The number of carbonyl (C=O) groups is 1. The summed E-state index contributed by atoms with van der Waals surface area (Å²) in [6, 6.07) is 0. The standard InChI is InChI=1S/C13H25N3O/c1-3-13(5-6-14-11-13)12(17)16-8-4-7-15(2)9-10-16/h14H,3-11H2,1-2H3. The molecule has 17 heavy (non-hydrogen) atoms. The maximum Gasteiger partial charge on any atom is 0.230 e. The van der Waals surface area contributed by atoms with E-state index in [9.17, 15) is 4.79 Å². The van der Waals surface area contributed by atoms with Gasteiger partial charge in [0.1, 0.15) is 0 Å². The number of amides is 1. The molecule has 0 spiro atoms. The van der Waals surface area contributed by atoms with Crippen LogP contribution in [-0.2, 0) is 4.79 Å². The Labute approximate surface area is 104 Å². The summed E-state index contributed by atoms with van der Waals surface area (Å²) in [5.41, 5.74) is -0.108. The fraction of sp³-hybridized carbons (Fsp3) is 0.923. The van der Waals surface area contributed by atoms with E-state index in [0.29, 0.717) is 5.91 Å². The van der Waals surface area contributed by atoms with Gasteiger partial charge in [-0.3, -0.25) is 4.79 Å². The molecule has 2 saturated heterocycles. The number of nitrogens with zero attached hydrogens (tertiary/aromatic N) is 2. The van der Waals surface area contributed by atoms with Crippen molar-refractivity contribution in [3.8, 4) is 0 Å². The highest BCUT2D eigenvalue weighted by Gasteiger charge is 2.42. The first-order valence-corrected chi connectivity index (χ1v) is 6.86. The molecule has 2 rings (SSSR count). The lowest BCUT2D eigenvalue weighted by molar-refractivity contribution is -0.141. The number of likely N-dealkylation sites (N-methyl/N-ethyl adjacent to an activating group) is 1. The molecule has 0 saturated carbocycles. The second-order valence-electron chi connectivity index (χ2n) is 5.51. The van der Waals surface area contributed by atoms with Crippen LogP contribution in [0.1, 0.15) is 26.2 Å². The Morgan fingerprint density at radius 2 is 2.12 bits per heavy atom. The quantitative estimate of drug-likeness (QED) is 0.764. The van der Waals surface area contributed by atoms with E-state index in [1.807, 2.05) is 0 Å². The molecule has 0 radical (unpaired) electrons. The minimum absolute atomic E-state index is 0.108. The van der Waals surface area contributed by atoms with Gasteiger partial charge in [-0.25, -0.2) is 0 Å². The van der Waals surface area contributed by atoms with Crippen LogP contribution in [0.5, 0.6) is 0 Å². The molecule has 2 aliphatic heterocycles. The minimum atomic E-state index is -0.108. The van der Waals surface area contributed by atoms with Crippen molar-refractivity contribution >= 4 is 5.91 Å². The van der Waals surface area contributed by atoms with Gasteiger partial charge in [-0.1, -0.05) is 6.92 Å². The van der Waals surface area contributed by atoms with Gasteiger partial charge in [0, 0.05) is 26.2 Å². The van der Waals surface area contributed by atoms with Crippen LogP contribution in [0.3, 0.4) is 0 Å². The first-order valence-electron chi connectivity index (χ1n) is 6.86. The van der Waals surface area contributed by atoms with E-state index in [1.165, 1.54) is 0 Å². The van der Waals surface area contributed by atoms with Crippen LogP contribution in [0.4, 0.5) is 0 Å². The number of rotatable bonds is 2. The normalized spacial score (nSPS) is 31.5. The summed E-state index contributed by atoms with van der Waals surface area (Å²) in [5, 5.41) is 3.35. The number of hydrogen-bond donors (Lipinski definition) is 1. The predicted molar refractivity (Wildman–Crippen MR) is 68.9 cm³/mol. The third-order valence-corrected chi connectivity index (χ3v) is 4.38. The molecule has 1 unspecified atom stereocenters. The number of carbonyl (C=O) groups excluding carboxylic acids is 1. The van der Waals surface area contributed by atoms with Crippen LogP contribution in [0, 0.1) is 5.41 Å². The van der Waals surface area contributed by atoms with Crippen LogP contribution < -0.4 is 5.32 Å². The van der Waals surface area contributed by atoms with Crippen LogP contribution >= 0.6 is 0 Å². The highest BCUT2D eigenvalue weighted by molar-refractivity contribution is 5.83. The summed E-state index contributed by atoms with van der Waals surface area (Å²) >= 11 is 0. The van der Waals surface area contributed by atoms with Gasteiger partial charge in [-0.15, -0.1) is 0 Å².